The van der Waals surface area contributed by atoms with Gasteiger partial charge in [-0.3, -0.25) is 4.79 Å². The lowest BCUT2D eigenvalue weighted by Crippen LogP contribution is -2.41. The second-order valence-electron chi connectivity index (χ2n) is 42.9. The first-order chi connectivity index (χ1) is 62.5. The van der Waals surface area contributed by atoms with E-state index in [1.54, 1.807) is 66.7 Å². The van der Waals surface area contributed by atoms with Gasteiger partial charge in [-0.1, -0.05) is 201 Å². The number of sulfone groups is 1. The van der Waals surface area contributed by atoms with E-state index in [-0.39, 0.29) is 87.7 Å². The molecule has 2 aliphatic heterocycles. The Balaban J connectivity index is 0.000000361. The molecule has 0 radical (unpaired) electrons. The average molecular weight is 2260 g/mol. The number of halogens is 10. The number of nitrogens with one attached hydrogen (secondary N) is 3. The molecule has 4 aromatic heterocycles. The van der Waals surface area contributed by atoms with Crippen LogP contribution in [0.25, 0.3) is 11.6 Å². The SMILES string of the molecule is CC(C)(C)CS(=O)(=O)c1cccc([Si](C)(C)C)c1.CC(C)(C)N.CC(C)(C)NS(=O)(=O)c1cccc(Br)c1.CC(C)(COc1ccn(-c2ccc(C(=O)O)c(Cl)n2)n1)C(F)(F)F.C[C@@H]1CN(c2nc(-n3ccc(OCC(C)(C)C(F)(F)F)n3)ccc2C(=O)NS(=O)(=O)c2cccc([Si](C)(C)C)c2)C(C)(C)C1.C[C@@H]1CNC(C)(C)C1.C[Si](C)(C)c1cccc(S(N)(=O)=O)c1.O=S(=O)(Cl)c1cccc(Br)c1. The summed E-state index contributed by atoms with van der Waals surface area (Å²) in [6, 6.07) is 42.3. The normalized spacial score (nSPS) is 15.5. The van der Waals surface area contributed by atoms with Crippen molar-refractivity contribution >= 4 is 161 Å². The summed E-state index contributed by atoms with van der Waals surface area (Å²) in [6.45, 7) is 54.3. The predicted octanol–water partition coefficient (Wildman–Crippen LogP) is 20.1. The van der Waals surface area contributed by atoms with Crippen molar-refractivity contribution in [3.8, 4) is 23.4 Å². The summed E-state index contributed by atoms with van der Waals surface area (Å²) in [5.41, 5.74) is 0.480. The summed E-state index contributed by atoms with van der Waals surface area (Å²) >= 11 is 12.1. The van der Waals surface area contributed by atoms with E-state index in [2.05, 4.69) is 148 Å². The molecule has 45 heteroatoms. The Kier molecular flexibility index (Phi) is 42.8. The molecule has 0 saturated carbocycles. The molecular formula is C94H136Br2Cl2F6N12O15S5Si3. The zero-order chi connectivity index (χ0) is 107. The van der Waals surface area contributed by atoms with Crippen molar-refractivity contribution in [2.45, 2.75) is 262 Å². The fraction of sp³-hybridized carbons (Fsp3) is 0.489. The van der Waals surface area contributed by atoms with Gasteiger partial charge in [-0.25, -0.2) is 80.8 Å². The number of ether oxygens (including phenoxy) is 2. The zero-order valence-corrected chi connectivity index (χ0v) is 95.8. The molecule has 6 heterocycles. The molecule has 11 rings (SSSR count). The molecule has 27 nitrogen and oxygen atoms in total. The third kappa shape index (κ3) is 41.6. The van der Waals surface area contributed by atoms with Crippen molar-refractivity contribution in [3.05, 3.63) is 195 Å². The minimum atomic E-state index is -4.45. The fourth-order valence-corrected chi connectivity index (χ4v) is 23.7. The molecule has 0 bridgehead atoms. The number of hydrogen-bond donors (Lipinski definition) is 6. The zero-order valence-electron chi connectivity index (χ0n) is 84.0. The maximum Gasteiger partial charge on any atom is 0.397 e. The van der Waals surface area contributed by atoms with Crippen molar-refractivity contribution in [2.75, 3.05) is 37.0 Å². The lowest BCUT2D eigenvalue weighted by atomic mass is 9.94. The number of rotatable bonds is 22. The number of anilines is 1. The molecule has 2 fully saturated rings. The van der Waals surface area contributed by atoms with Crippen LogP contribution in [0.4, 0.5) is 32.2 Å². The van der Waals surface area contributed by atoms with Gasteiger partial charge in [0, 0.05) is 72.9 Å². The Bertz CT molecular complexity index is 6300. The van der Waals surface area contributed by atoms with Crippen molar-refractivity contribution in [1.82, 2.24) is 44.3 Å². The average Bonchev–Trinajstić information content (AvgIpc) is 1.63. The molecule has 8 N–H and O–H groups in total. The number of amides is 1. The molecule has 1 amide bonds. The van der Waals surface area contributed by atoms with Gasteiger partial charge in [-0.15, -0.1) is 10.2 Å². The number of primary sulfonamides is 1. The van der Waals surface area contributed by atoms with Crippen LogP contribution in [-0.2, 0) is 49.0 Å². The molecule has 2 atom stereocenters. The van der Waals surface area contributed by atoms with Crippen LogP contribution in [0.5, 0.6) is 11.8 Å². The van der Waals surface area contributed by atoms with E-state index >= 15 is 0 Å². The third-order valence-electron chi connectivity index (χ3n) is 20.2. The molecule has 9 aromatic rings. The van der Waals surface area contributed by atoms with Crippen molar-refractivity contribution < 1.29 is 92.6 Å². The second kappa shape index (κ2) is 48.0. The van der Waals surface area contributed by atoms with Gasteiger partial charge in [0.05, 0.1) is 76.4 Å². The number of carbonyl (C=O) groups excluding carboxylic acids is 1. The van der Waals surface area contributed by atoms with Crippen molar-refractivity contribution in [1.29, 1.82) is 0 Å². The summed E-state index contributed by atoms with van der Waals surface area (Å²) in [5.74, 6) is 0.0151. The van der Waals surface area contributed by atoms with Gasteiger partial charge < -0.3 is 30.5 Å². The van der Waals surface area contributed by atoms with Crippen LogP contribution in [0.15, 0.2) is 204 Å². The number of nitrogens with zero attached hydrogens (tertiary/aromatic N) is 7. The molecule has 5 aromatic carbocycles. The summed E-state index contributed by atoms with van der Waals surface area (Å²) in [4.78, 5) is 36.1. The van der Waals surface area contributed by atoms with E-state index in [1.807, 2.05) is 111 Å². The summed E-state index contributed by atoms with van der Waals surface area (Å²) in [6.07, 6.45) is -3.81. The van der Waals surface area contributed by atoms with Crippen LogP contribution in [0.2, 0.25) is 64.1 Å². The van der Waals surface area contributed by atoms with Crippen LogP contribution >= 0.6 is 54.1 Å². The first-order valence-corrected chi connectivity index (χ1v) is 64.9. The van der Waals surface area contributed by atoms with Crippen LogP contribution in [0.3, 0.4) is 0 Å². The molecule has 0 spiro atoms. The van der Waals surface area contributed by atoms with Crippen LogP contribution in [0.1, 0.15) is 165 Å². The number of carboxylic acid groups (broad SMARTS) is 1. The number of carbonyl (C=O) groups is 2. The van der Waals surface area contributed by atoms with Crippen LogP contribution in [0, 0.1) is 28.1 Å². The monoisotopic (exact) mass is 2260 g/mol. The van der Waals surface area contributed by atoms with Crippen molar-refractivity contribution in [3.63, 3.8) is 0 Å². The van der Waals surface area contributed by atoms with E-state index in [1.165, 1.54) is 101 Å². The molecule has 774 valence electrons. The number of nitrogens with two attached hydrogens (primary N) is 2. The second-order valence-corrected chi connectivity index (χ2v) is 69.8. The van der Waals surface area contributed by atoms with Gasteiger partial charge in [0.2, 0.25) is 31.8 Å². The summed E-state index contributed by atoms with van der Waals surface area (Å²) < 4.78 is 216. The fourth-order valence-electron chi connectivity index (χ4n) is 12.8. The number of sulfonamides is 3. The van der Waals surface area contributed by atoms with Gasteiger partial charge in [-0.05, 0) is 231 Å². The van der Waals surface area contributed by atoms with E-state index in [4.69, 9.17) is 52.7 Å². The van der Waals surface area contributed by atoms with Crippen molar-refractivity contribution in [2.24, 2.45) is 39.0 Å². The van der Waals surface area contributed by atoms with Gasteiger partial charge in [0.15, 0.2) is 21.5 Å². The lowest BCUT2D eigenvalue weighted by Gasteiger charge is -2.34. The largest absolute Gasteiger partial charge is 0.478 e. The van der Waals surface area contributed by atoms with E-state index in [0.717, 1.165) is 54.9 Å². The van der Waals surface area contributed by atoms with Gasteiger partial charge in [0.25, 0.3) is 25.0 Å². The van der Waals surface area contributed by atoms with E-state index in [9.17, 15) is 78.0 Å². The first-order valence-electron chi connectivity index (χ1n) is 43.9. The number of aromatic nitrogens is 6. The topological polar surface area (TPSA) is 396 Å². The van der Waals surface area contributed by atoms with Gasteiger partial charge >= 0.3 is 18.3 Å². The lowest BCUT2D eigenvalue weighted by molar-refractivity contribution is -0.220. The summed E-state index contributed by atoms with van der Waals surface area (Å²) in [7, 11) is -17.6. The number of aromatic carboxylic acids is 1. The highest BCUT2D eigenvalue weighted by molar-refractivity contribution is 9.10. The Labute approximate surface area is 847 Å². The number of alkyl halides is 6. The van der Waals surface area contributed by atoms with Gasteiger partial charge in [0.1, 0.15) is 24.2 Å². The van der Waals surface area contributed by atoms with Crippen LogP contribution < -0.4 is 55.6 Å². The molecule has 139 heavy (non-hydrogen) atoms. The smallest absolute Gasteiger partial charge is 0.397 e. The van der Waals surface area contributed by atoms with Crippen LogP contribution in [-0.4, -0.2) is 179 Å². The molecular weight excluding hydrogens is 2130 g/mol. The third-order valence-corrected chi connectivity index (χ3v) is 35.1. The molecule has 0 unspecified atom stereocenters. The molecule has 0 aliphatic carbocycles. The maximum atomic E-state index is 13.6. The summed E-state index contributed by atoms with van der Waals surface area (Å²) in [5, 5.41) is 28.6. The minimum absolute atomic E-state index is 0. The minimum Gasteiger partial charge on any atom is -0.478 e. The Morgan fingerprint density at radius 1 is 0.540 bits per heavy atom. The number of carboxylic acids is 1. The number of pyridine rings is 2. The standard InChI is InChI=1S/C30H40F3N5O4SSi.C14H13ClF3N3O3.C14H24O2SSi.C10H14BrNO2S.C9H15NO2SSi.C7H15N.C6H4BrClO2S.C4H11N/c1-20-17-29(4,5)37(18-20)26-23(27(39)36-43(40,41)21-10-9-11-22(16-21)44(6,7)8)12-13-24(34-26)38-15-14-25(35-38)42-19-28(2,3)30(31,32)33;1-13(2,14(16,17)18)7-24-10-5-6-21(20-10)9-4-3-8(12(22)23)11(15)19-9;1-14(2,3)11-17(15,16)12-8-7-9-13(10-12)18(4,5)6;1-10(2,3)12-15(13,14)9-6-4-5-8(11)7-9;1-14(2,3)9-6-4-5-8(7-9)13(10,11)12;1-6-4-7(2,3)8-5-6;7-5-2-1-3-6(4-5)11(8,9)10;1-4(2,3)5/h9-16,20H,17-19H2,1-8H3,(H,36,39);3-6H,7H2,1-2H3,(H,22,23);7-10H,11H2,1-6H3;4-7,12H,1-3H3;4-7H,1-3H3,(H2,10,11,12);6,8H,4-5H2,1-3H3;1-4H;5H2,1-3H3/t20-;;;;;6-;;/m0....0../s1. The highest BCUT2D eigenvalue weighted by atomic mass is 79.9. The van der Waals surface area contributed by atoms with Gasteiger partial charge in [-0.2, -0.15) is 26.3 Å². The number of benzene rings is 5. The Morgan fingerprint density at radius 2 is 0.921 bits per heavy atom. The predicted molar refractivity (Wildman–Crippen MR) is 558 cm³/mol. The van der Waals surface area contributed by atoms with E-state index in [0.29, 0.717) is 21.5 Å². The quantitative estimate of drug-likeness (QED) is 0.0159. The Hall–Kier alpha value is -7.48. The van der Waals surface area contributed by atoms with E-state index < -0.39 is 133 Å². The first kappa shape index (κ1) is 124. The molecule has 2 aliphatic rings. The molecule has 2 saturated heterocycles. The number of hydrogen-bond acceptors (Lipinski definition) is 21. The Morgan fingerprint density at radius 3 is 1.26 bits per heavy atom. The maximum absolute atomic E-state index is 13.6. The highest BCUT2D eigenvalue weighted by Gasteiger charge is 2.49. The highest BCUT2D eigenvalue weighted by Crippen LogP contribution is 2.41.